The number of rotatable bonds is 2. The van der Waals surface area contributed by atoms with Crippen LogP contribution in [0, 0.1) is 17.3 Å². The molecule has 0 aliphatic heterocycles. The van der Waals surface area contributed by atoms with Crippen LogP contribution >= 0.6 is 15.9 Å². The Kier molecular flexibility index (Phi) is 4.73. The molecule has 0 saturated heterocycles. The van der Waals surface area contributed by atoms with E-state index in [1.807, 2.05) is 0 Å². The zero-order chi connectivity index (χ0) is 14.0. The molecule has 3 unspecified atom stereocenters. The second-order valence-electron chi connectivity index (χ2n) is 7.03. The van der Waals surface area contributed by atoms with Crippen LogP contribution in [0.1, 0.15) is 45.6 Å². The Morgan fingerprint density at radius 2 is 1.79 bits per heavy atom. The summed E-state index contributed by atoms with van der Waals surface area (Å²) in [7, 11) is 0. The van der Waals surface area contributed by atoms with Crippen molar-refractivity contribution >= 4 is 15.9 Å². The highest BCUT2D eigenvalue weighted by Crippen LogP contribution is 2.41. The molecular weight excluding hydrogens is 300 g/mol. The van der Waals surface area contributed by atoms with Gasteiger partial charge in [0.25, 0.3) is 0 Å². The molecule has 0 aromatic heterocycles. The lowest BCUT2D eigenvalue weighted by molar-refractivity contribution is 0.0196. The smallest absolute Gasteiger partial charge is 0.0571 e. The standard InChI is InChI=1S/C17H25BrO/c1-17(2,3)14-6-9-16(19)13(11-14)10-12-4-7-15(18)8-5-12/h4-5,7-8,13-14,16,19H,6,9-11H2,1-3H3. The molecule has 1 N–H and O–H groups in total. The molecule has 1 aromatic rings. The topological polar surface area (TPSA) is 20.2 Å². The molecule has 19 heavy (non-hydrogen) atoms. The first-order valence-corrected chi connectivity index (χ1v) is 8.08. The molecule has 1 fully saturated rings. The van der Waals surface area contributed by atoms with Gasteiger partial charge >= 0.3 is 0 Å². The van der Waals surface area contributed by atoms with Gasteiger partial charge in [-0.2, -0.15) is 0 Å². The van der Waals surface area contributed by atoms with Gasteiger partial charge < -0.3 is 5.11 Å². The summed E-state index contributed by atoms with van der Waals surface area (Å²) in [6, 6.07) is 8.51. The maximum absolute atomic E-state index is 10.3. The summed E-state index contributed by atoms with van der Waals surface area (Å²) in [4.78, 5) is 0. The van der Waals surface area contributed by atoms with E-state index in [0.717, 1.165) is 29.7 Å². The van der Waals surface area contributed by atoms with Crippen molar-refractivity contribution in [1.29, 1.82) is 0 Å². The van der Waals surface area contributed by atoms with E-state index in [9.17, 15) is 5.11 Å². The summed E-state index contributed by atoms with van der Waals surface area (Å²) in [6.45, 7) is 6.98. The molecule has 2 rings (SSSR count). The van der Waals surface area contributed by atoms with Gasteiger partial charge in [-0.1, -0.05) is 48.8 Å². The highest BCUT2D eigenvalue weighted by molar-refractivity contribution is 9.10. The van der Waals surface area contributed by atoms with Crippen LogP contribution < -0.4 is 0 Å². The van der Waals surface area contributed by atoms with Crippen LogP contribution in [0.4, 0.5) is 0 Å². The van der Waals surface area contributed by atoms with Gasteiger partial charge in [0, 0.05) is 4.47 Å². The van der Waals surface area contributed by atoms with E-state index < -0.39 is 0 Å². The predicted octanol–water partition coefficient (Wildman–Crippen LogP) is 4.81. The van der Waals surface area contributed by atoms with E-state index in [1.54, 1.807) is 0 Å². The fraction of sp³-hybridized carbons (Fsp3) is 0.647. The van der Waals surface area contributed by atoms with Crippen molar-refractivity contribution in [2.45, 2.75) is 52.6 Å². The third-order valence-corrected chi connectivity index (χ3v) is 5.11. The maximum Gasteiger partial charge on any atom is 0.0571 e. The normalized spacial score (nSPS) is 28.4. The van der Waals surface area contributed by atoms with Gasteiger partial charge in [0.05, 0.1) is 6.10 Å². The average molecular weight is 325 g/mol. The monoisotopic (exact) mass is 324 g/mol. The Morgan fingerprint density at radius 3 is 2.37 bits per heavy atom. The molecule has 1 aromatic carbocycles. The summed E-state index contributed by atoms with van der Waals surface area (Å²) in [5.74, 6) is 1.15. The Balaban J connectivity index is 2.03. The van der Waals surface area contributed by atoms with Crippen molar-refractivity contribution in [1.82, 2.24) is 0 Å². The minimum Gasteiger partial charge on any atom is -0.393 e. The van der Waals surface area contributed by atoms with Gasteiger partial charge in [-0.05, 0) is 60.6 Å². The molecule has 1 nitrogen and oxygen atoms in total. The van der Waals surface area contributed by atoms with Crippen LogP contribution in [0.15, 0.2) is 28.7 Å². The lowest BCUT2D eigenvalue weighted by Gasteiger charge is -2.40. The number of hydrogen-bond acceptors (Lipinski definition) is 1. The summed E-state index contributed by atoms with van der Waals surface area (Å²) in [6.07, 6.45) is 4.16. The third kappa shape index (κ3) is 4.06. The van der Waals surface area contributed by atoms with E-state index in [-0.39, 0.29) is 6.10 Å². The summed E-state index contributed by atoms with van der Waals surface area (Å²) >= 11 is 3.47. The Hall–Kier alpha value is -0.340. The number of halogens is 1. The highest BCUT2D eigenvalue weighted by atomic mass is 79.9. The molecule has 1 saturated carbocycles. The third-order valence-electron chi connectivity index (χ3n) is 4.58. The first-order chi connectivity index (χ1) is 8.86. The minimum absolute atomic E-state index is 0.123. The van der Waals surface area contributed by atoms with Crippen LogP contribution in [-0.4, -0.2) is 11.2 Å². The Morgan fingerprint density at radius 1 is 1.16 bits per heavy atom. The molecule has 1 aliphatic rings. The summed E-state index contributed by atoms with van der Waals surface area (Å²) in [5, 5.41) is 10.3. The van der Waals surface area contributed by atoms with E-state index in [2.05, 4.69) is 61.0 Å². The Bertz CT molecular complexity index is 404. The van der Waals surface area contributed by atoms with Gasteiger partial charge in [0.1, 0.15) is 0 Å². The number of aliphatic hydroxyl groups is 1. The van der Waals surface area contributed by atoms with Crippen molar-refractivity contribution in [3.63, 3.8) is 0 Å². The first-order valence-electron chi connectivity index (χ1n) is 7.29. The van der Waals surface area contributed by atoms with Gasteiger partial charge in [-0.25, -0.2) is 0 Å². The quantitative estimate of drug-likeness (QED) is 0.827. The number of aliphatic hydroxyl groups excluding tert-OH is 1. The SMILES string of the molecule is CC(C)(C)C1CCC(O)C(Cc2ccc(Br)cc2)C1. The van der Waals surface area contributed by atoms with Gasteiger partial charge in [0.15, 0.2) is 0 Å². The number of hydrogen-bond donors (Lipinski definition) is 1. The molecular formula is C17H25BrO. The molecule has 0 spiro atoms. The molecule has 0 bridgehead atoms. The van der Waals surface area contributed by atoms with Crippen LogP contribution in [0.5, 0.6) is 0 Å². The van der Waals surface area contributed by atoms with E-state index in [0.29, 0.717) is 11.3 Å². The van der Waals surface area contributed by atoms with Gasteiger partial charge in [-0.3, -0.25) is 0 Å². The largest absolute Gasteiger partial charge is 0.393 e. The van der Waals surface area contributed by atoms with E-state index in [1.165, 1.54) is 12.0 Å². The van der Waals surface area contributed by atoms with Crippen molar-refractivity contribution < 1.29 is 5.11 Å². The van der Waals surface area contributed by atoms with Crippen molar-refractivity contribution in [3.05, 3.63) is 34.3 Å². The average Bonchev–Trinajstić information content (AvgIpc) is 2.33. The van der Waals surface area contributed by atoms with E-state index in [4.69, 9.17) is 0 Å². The van der Waals surface area contributed by atoms with Crippen molar-refractivity contribution in [2.75, 3.05) is 0 Å². The minimum atomic E-state index is -0.123. The molecule has 0 heterocycles. The molecule has 0 radical (unpaired) electrons. The molecule has 3 atom stereocenters. The van der Waals surface area contributed by atoms with Crippen LogP contribution in [-0.2, 0) is 6.42 Å². The lowest BCUT2D eigenvalue weighted by atomic mass is 9.67. The Labute approximate surface area is 125 Å². The fourth-order valence-corrected chi connectivity index (χ4v) is 3.44. The van der Waals surface area contributed by atoms with Gasteiger partial charge in [-0.15, -0.1) is 0 Å². The predicted molar refractivity (Wildman–Crippen MR) is 84.1 cm³/mol. The number of benzene rings is 1. The van der Waals surface area contributed by atoms with Crippen molar-refractivity contribution in [3.8, 4) is 0 Å². The van der Waals surface area contributed by atoms with Crippen LogP contribution in [0.2, 0.25) is 0 Å². The summed E-state index contributed by atoms with van der Waals surface area (Å²) in [5.41, 5.74) is 1.69. The van der Waals surface area contributed by atoms with Crippen molar-refractivity contribution in [2.24, 2.45) is 17.3 Å². The first kappa shape index (κ1) is 15.1. The second kappa shape index (κ2) is 5.97. The fourth-order valence-electron chi connectivity index (χ4n) is 3.18. The highest BCUT2D eigenvalue weighted by Gasteiger charge is 2.34. The van der Waals surface area contributed by atoms with Crippen LogP contribution in [0.25, 0.3) is 0 Å². The maximum atomic E-state index is 10.3. The van der Waals surface area contributed by atoms with E-state index >= 15 is 0 Å². The van der Waals surface area contributed by atoms with Gasteiger partial charge in [0.2, 0.25) is 0 Å². The second-order valence-corrected chi connectivity index (χ2v) is 7.95. The zero-order valence-corrected chi connectivity index (χ0v) is 13.8. The zero-order valence-electron chi connectivity index (χ0n) is 12.2. The lowest BCUT2D eigenvalue weighted by Crippen LogP contribution is -2.35. The molecule has 106 valence electrons. The molecule has 0 amide bonds. The molecule has 1 aliphatic carbocycles. The van der Waals surface area contributed by atoms with Crippen LogP contribution in [0.3, 0.4) is 0 Å². The molecule has 2 heteroatoms. The summed E-state index contributed by atoms with van der Waals surface area (Å²) < 4.78 is 1.12.